The largest absolute Gasteiger partial charge is 0.443 e. The first-order valence-electron chi connectivity index (χ1n) is 7.44. The van der Waals surface area contributed by atoms with Crippen LogP contribution in [-0.2, 0) is 9.53 Å². The van der Waals surface area contributed by atoms with Crippen molar-refractivity contribution in [2.24, 2.45) is 0 Å². The molecule has 2 heterocycles. The number of rotatable bonds is 4. The van der Waals surface area contributed by atoms with Crippen LogP contribution in [-0.4, -0.2) is 34.8 Å². The summed E-state index contributed by atoms with van der Waals surface area (Å²) in [6, 6.07) is 12.5. The van der Waals surface area contributed by atoms with E-state index in [4.69, 9.17) is 4.74 Å². The minimum absolute atomic E-state index is 0.149. The van der Waals surface area contributed by atoms with Gasteiger partial charge in [-0.15, -0.1) is 0 Å². The van der Waals surface area contributed by atoms with E-state index in [-0.39, 0.29) is 5.91 Å². The lowest BCUT2D eigenvalue weighted by molar-refractivity contribution is -0.140. The minimum Gasteiger partial charge on any atom is -0.443 e. The summed E-state index contributed by atoms with van der Waals surface area (Å²) in [6.45, 7) is 1.45. The molecule has 1 atom stereocenters. The van der Waals surface area contributed by atoms with Crippen LogP contribution in [0.2, 0.25) is 0 Å². The third-order valence-corrected chi connectivity index (χ3v) is 3.79. The molecule has 1 aromatic heterocycles. The van der Waals surface area contributed by atoms with Crippen molar-refractivity contribution < 1.29 is 14.3 Å². The van der Waals surface area contributed by atoms with Crippen molar-refractivity contribution in [1.29, 1.82) is 0 Å². The summed E-state index contributed by atoms with van der Waals surface area (Å²) < 4.78 is 5.49. The van der Waals surface area contributed by atoms with Crippen LogP contribution in [0.3, 0.4) is 0 Å². The average molecular weight is 298 g/mol. The number of hydrogen-bond donors (Lipinski definition) is 1. The van der Waals surface area contributed by atoms with Gasteiger partial charge in [0.15, 0.2) is 0 Å². The molecule has 0 bridgehead atoms. The number of aromatic nitrogens is 1. The lowest BCUT2D eigenvalue weighted by Gasteiger charge is -2.23. The Morgan fingerprint density at radius 1 is 1.05 bits per heavy atom. The SMILES string of the molecule is O=C(O[C@@H](C(=O)N1CCCC1)c1ccccc1)c1ccc[nH]1. The molecule has 3 rings (SSSR count). The fourth-order valence-corrected chi connectivity index (χ4v) is 2.62. The van der Waals surface area contributed by atoms with Gasteiger partial charge < -0.3 is 14.6 Å². The zero-order valence-electron chi connectivity index (χ0n) is 12.2. The normalized spacial score (nSPS) is 15.5. The lowest BCUT2D eigenvalue weighted by Crippen LogP contribution is -2.34. The van der Waals surface area contributed by atoms with Gasteiger partial charge in [0.25, 0.3) is 5.91 Å². The van der Waals surface area contributed by atoms with Gasteiger partial charge in [0.2, 0.25) is 6.10 Å². The second kappa shape index (κ2) is 6.47. The third-order valence-electron chi connectivity index (χ3n) is 3.79. The van der Waals surface area contributed by atoms with Crippen LogP contribution in [0.25, 0.3) is 0 Å². The molecule has 1 saturated heterocycles. The number of carbonyl (C=O) groups is 2. The first-order chi connectivity index (χ1) is 10.8. The molecule has 0 unspecified atom stereocenters. The van der Waals surface area contributed by atoms with Crippen LogP contribution in [0.1, 0.15) is 35.0 Å². The van der Waals surface area contributed by atoms with Gasteiger partial charge in [-0.05, 0) is 25.0 Å². The van der Waals surface area contributed by atoms with Gasteiger partial charge in [-0.1, -0.05) is 30.3 Å². The summed E-state index contributed by atoms with van der Waals surface area (Å²) in [6.07, 6.45) is 2.75. The summed E-state index contributed by atoms with van der Waals surface area (Å²) in [5, 5.41) is 0. The zero-order valence-corrected chi connectivity index (χ0v) is 12.2. The predicted octanol–water partition coefficient (Wildman–Crippen LogP) is 2.54. The Kier molecular flexibility index (Phi) is 4.23. The highest BCUT2D eigenvalue weighted by atomic mass is 16.5. The number of nitrogens with zero attached hydrogens (tertiary/aromatic N) is 1. The Morgan fingerprint density at radius 2 is 1.77 bits per heavy atom. The van der Waals surface area contributed by atoms with Crippen LogP contribution in [0.15, 0.2) is 48.7 Å². The molecule has 1 aliphatic rings. The van der Waals surface area contributed by atoms with Crippen molar-refractivity contribution in [3.8, 4) is 0 Å². The molecule has 0 spiro atoms. The summed E-state index contributed by atoms with van der Waals surface area (Å²) >= 11 is 0. The lowest BCUT2D eigenvalue weighted by atomic mass is 10.1. The Labute approximate surface area is 128 Å². The molecule has 114 valence electrons. The number of ether oxygens (including phenoxy) is 1. The maximum absolute atomic E-state index is 12.7. The van der Waals surface area contributed by atoms with Gasteiger partial charge in [-0.25, -0.2) is 4.79 Å². The van der Waals surface area contributed by atoms with E-state index >= 15 is 0 Å². The van der Waals surface area contributed by atoms with Crippen LogP contribution in [0.4, 0.5) is 0 Å². The third kappa shape index (κ3) is 3.03. The van der Waals surface area contributed by atoms with Crippen LogP contribution < -0.4 is 0 Å². The monoisotopic (exact) mass is 298 g/mol. The molecule has 5 nitrogen and oxygen atoms in total. The van der Waals surface area contributed by atoms with Crippen LogP contribution >= 0.6 is 0 Å². The molecule has 2 aromatic rings. The van der Waals surface area contributed by atoms with Gasteiger partial charge >= 0.3 is 5.97 Å². The van der Waals surface area contributed by atoms with Crippen molar-refractivity contribution in [2.75, 3.05) is 13.1 Å². The Morgan fingerprint density at radius 3 is 2.41 bits per heavy atom. The van der Waals surface area contributed by atoms with E-state index in [2.05, 4.69) is 4.98 Å². The molecule has 5 heteroatoms. The number of H-pyrrole nitrogens is 1. The molecule has 1 fully saturated rings. The first-order valence-corrected chi connectivity index (χ1v) is 7.44. The standard InChI is InChI=1S/C17H18N2O3/c20-16(19-11-4-5-12-19)15(13-7-2-1-3-8-13)22-17(21)14-9-6-10-18-14/h1-3,6-10,15,18H,4-5,11-12H2/t15-/m1/s1. The highest BCUT2D eigenvalue weighted by Crippen LogP contribution is 2.23. The summed E-state index contributed by atoms with van der Waals surface area (Å²) in [5.74, 6) is -0.671. The molecule has 1 amide bonds. The fraction of sp³-hybridized carbons (Fsp3) is 0.294. The van der Waals surface area contributed by atoms with Crippen molar-refractivity contribution in [3.63, 3.8) is 0 Å². The second-order valence-electron chi connectivity index (χ2n) is 5.31. The first kappa shape index (κ1) is 14.4. The second-order valence-corrected chi connectivity index (χ2v) is 5.31. The number of benzene rings is 1. The molecule has 22 heavy (non-hydrogen) atoms. The average Bonchev–Trinajstić information content (AvgIpc) is 3.25. The Balaban J connectivity index is 1.82. The van der Waals surface area contributed by atoms with Crippen molar-refractivity contribution >= 4 is 11.9 Å². The molecule has 0 saturated carbocycles. The molecule has 1 N–H and O–H groups in total. The van der Waals surface area contributed by atoms with E-state index in [1.54, 1.807) is 35.4 Å². The number of hydrogen-bond acceptors (Lipinski definition) is 3. The van der Waals surface area contributed by atoms with E-state index in [1.807, 2.05) is 18.2 Å². The molecular weight excluding hydrogens is 280 g/mol. The van der Waals surface area contributed by atoms with E-state index in [0.717, 1.165) is 25.9 Å². The topological polar surface area (TPSA) is 62.4 Å². The Hall–Kier alpha value is -2.56. The van der Waals surface area contributed by atoms with Gasteiger partial charge in [0.1, 0.15) is 5.69 Å². The van der Waals surface area contributed by atoms with Gasteiger partial charge in [0, 0.05) is 24.8 Å². The van der Waals surface area contributed by atoms with E-state index in [9.17, 15) is 9.59 Å². The molecular formula is C17H18N2O3. The number of nitrogens with one attached hydrogen (secondary N) is 1. The smallest absolute Gasteiger partial charge is 0.355 e. The van der Waals surface area contributed by atoms with Crippen LogP contribution in [0.5, 0.6) is 0 Å². The van der Waals surface area contributed by atoms with Gasteiger partial charge in [0.05, 0.1) is 0 Å². The number of esters is 1. The predicted molar refractivity (Wildman–Crippen MR) is 81.2 cm³/mol. The number of amides is 1. The molecule has 0 aliphatic carbocycles. The maximum Gasteiger partial charge on any atom is 0.355 e. The summed E-state index contributed by atoms with van der Waals surface area (Å²) in [4.78, 5) is 29.4. The quantitative estimate of drug-likeness (QED) is 0.882. The number of aromatic amines is 1. The Bertz CT molecular complexity index is 631. The zero-order chi connectivity index (χ0) is 15.4. The minimum atomic E-state index is -0.893. The van der Waals surface area contributed by atoms with Crippen molar-refractivity contribution in [3.05, 3.63) is 59.9 Å². The highest BCUT2D eigenvalue weighted by molar-refractivity contribution is 5.91. The van der Waals surface area contributed by atoms with E-state index < -0.39 is 12.1 Å². The molecule has 1 aliphatic heterocycles. The highest BCUT2D eigenvalue weighted by Gasteiger charge is 2.31. The van der Waals surface area contributed by atoms with Gasteiger partial charge in [-0.3, -0.25) is 4.79 Å². The number of likely N-dealkylation sites (tertiary alicyclic amines) is 1. The van der Waals surface area contributed by atoms with Crippen molar-refractivity contribution in [2.45, 2.75) is 18.9 Å². The van der Waals surface area contributed by atoms with Gasteiger partial charge in [-0.2, -0.15) is 0 Å². The fourth-order valence-electron chi connectivity index (χ4n) is 2.62. The molecule has 1 aromatic carbocycles. The van der Waals surface area contributed by atoms with Crippen LogP contribution in [0, 0.1) is 0 Å². The maximum atomic E-state index is 12.7. The summed E-state index contributed by atoms with van der Waals surface area (Å²) in [7, 11) is 0. The summed E-state index contributed by atoms with van der Waals surface area (Å²) in [5.41, 5.74) is 1.04. The van der Waals surface area contributed by atoms with E-state index in [1.165, 1.54) is 0 Å². The van der Waals surface area contributed by atoms with Crippen molar-refractivity contribution in [1.82, 2.24) is 9.88 Å². The van der Waals surface area contributed by atoms with E-state index in [0.29, 0.717) is 11.3 Å². The number of carbonyl (C=O) groups excluding carboxylic acids is 2. The molecule has 0 radical (unpaired) electrons.